The minimum absolute atomic E-state index is 0.199. The molecule has 5 heteroatoms. The monoisotopic (exact) mass is 308 g/mol. The minimum Gasteiger partial charge on any atom is -0.319 e. The number of hydrogen-bond donors (Lipinski definition) is 1. The van der Waals surface area contributed by atoms with Crippen LogP contribution in [-0.2, 0) is 5.54 Å². The molecule has 21 heavy (non-hydrogen) atoms. The normalized spacial score (nSPS) is 26.0. The van der Waals surface area contributed by atoms with Gasteiger partial charge in [-0.15, -0.1) is 11.3 Å². The number of hydrogen-bond acceptors (Lipinski definition) is 3. The molecule has 2 aromatic rings. The first kappa shape index (κ1) is 14.6. The summed E-state index contributed by atoms with van der Waals surface area (Å²) < 4.78 is 27.1. The van der Waals surface area contributed by atoms with Gasteiger partial charge in [0.05, 0.1) is 11.2 Å². The predicted molar refractivity (Wildman–Crippen MR) is 81.0 cm³/mol. The van der Waals surface area contributed by atoms with Gasteiger partial charge in [0.1, 0.15) is 16.6 Å². The number of nitrogens with zero attached hydrogens (tertiary/aromatic N) is 1. The molecule has 0 unspecified atom stereocenters. The Morgan fingerprint density at radius 2 is 2.00 bits per heavy atom. The highest BCUT2D eigenvalue weighted by Gasteiger charge is 2.34. The van der Waals surface area contributed by atoms with Crippen molar-refractivity contribution < 1.29 is 8.78 Å². The second-order valence-corrected chi connectivity index (χ2v) is 6.86. The number of nitrogens with two attached hydrogens (primary N) is 1. The van der Waals surface area contributed by atoms with E-state index in [1.54, 1.807) is 5.38 Å². The first-order chi connectivity index (χ1) is 9.98. The standard InChI is InChI=1S/C16H18F2N2S/c1-10-4-6-16(19,7-5-10)15-20-14(9-21-15)12-8-11(17)2-3-13(12)18/h2-3,8-10H,4-7,19H2,1H3. The molecule has 3 rings (SSSR count). The first-order valence-corrected chi connectivity index (χ1v) is 8.06. The lowest BCUT2D eigenvalue weighted by molar-refractivity contribution is 0.247. The minimum atomic E-state index is -0.463. The van der Waals surface area contributed by atoms with E-state index in [1.807, 2.05) is 0 Å². The molecule has 2 N–H and O–H groups in total. The lowest BCUT2D eigenvalue weighted by Crippen LogP contribution is -2.40. The molecule has 1 fully saturated rings. The van der Waals surface area contributed by atoms with Crippen molar-refractivity contribution in [1.29, 1.82) is 0 Å². The summed E-state index contributed by atoms with van der Waals surface area (Å²) in [4.78, 5) is 4.49. The molecule has 0 bridgehead atoms. The molecule has 0 atom stereocenters. The molecule has 0 radical (unpaired) electrons. The summed E-state index contributed by atoms with van der Waals surface area (Å²) in [5, 5.41) is 2.59. The Labute approximate surface area is 127 Å². The zero-order valence-corrected chi connectivity index (χ0v) is 12.7. The lowest BCUT2D eigenvalue weighted by atomic mass is 9.78. The first-order valence-electron chi connectivity index (χ1n) is 7.18. The van der Waals surface area contributed by atoms with Gasteiger partial charge in [0, 0.05) is 10.9 Å². The molecule has 1 aliphatic carbocycles. The third-order valence-corrected chi connectivity index (χ3v) is 5.36. The van der Waals surface area contributed by atoms with Gasteiger partial charge >= 0.3 is 0 Å². The molecule has 2 nitrogen and oxygen atoms in total. The highest BCUT2D eigenvalue weighted by atomic mass is 32.1. The van der Waals surface area contributed by atoms with Crippen LogP contribution in [0.4, 0.5) is 8.78 Å². The molecule has 0 amide bonds. The Balaban J connectivity index is 1.91. The maximum Gasteiger partial charge on any atom is 0.132 e. The summed E-state index contributed by atoms with van der Waals surface area (Å²) >= 11 is 1.44. The Morgan fingerprint density at radius 1 is 1.29 bits per heavy atom. The van der Waals surface area contributed by atoms with Gasteiger partial charge in [-0.2, -0.15) is 0 Å². The van der Waals surface area contributed by atoms with Crippen LogP contribution in [0.2, 0.25) is 0 Å². The molecule has 1 aromatic heterocycles. The van der Waals surface area contributed by atoms with E-state index in [0.717, 1.165) is 42.8 Å². The van der Waals surface area contributed by atoms with Crippen LogP contribution < -0.4 is 5.73 Å². The number of thiazole rings is 1. The van der Waals surface area contributed by atoms with Crippen LogP contribution in [-0.4, -0.2) is 4.98 Å². The van der Waals surface area contributed by atoms with Crippen molar-refractivity contribution in [2.45, 2.75) is 38.1 Å². The van der Waals surface area contributed by atoms with Crippen molar-refractivity contribution in [3.8, 4) is 11.3 Å². The smallest absolute Gasteiger partial charge is 0.132 e. The molecule has 0 spiro atoms. The van der Waals surface area contributed by atoms with Crippen molar-refractivity contribution in [3.63, 3.8) is 0 Å². The fraction of sp³-hybridized carbons (Fsp3) is 0.438. The highest BCUT2D eigenvalue weighted by molar-refractivity contribution is 7.10. The summed E-state index contributed by atoms with van der Waals surface area (Å²) in [5.74, 6) is -0.228. The van der Waals surface area contributed by atoms with Crippen molar-refractivity contribution in [3.05, 3.63) is 40.2 Å². The number of benzene rings is 1. The van der Waals surface area contributed by atoms with Crippen LogP contribution in [0.5, 0.6) is 0 Å². The van der Waals surface area contributed by atoms with E-state index in [-0.39, 0.29) is 5.56 Å². The van der Waals surface area contributed by atoms with Crippen LogP contribution >= 0.6 is 11.3 Å². The largest absolute Gasteiger partial charge is 0.319 e. The van der Waals surface area contributed by atoms with Crippen molar-refractivity contribution >= 4 is 11.3 Å². The van der Waals surface area contributed by atoms with E-state index in [4.69, 9.17) is 5.73 Å². The second kappa shape index (κ2) is 5.46. The number of halogens is 2. The van der Waals surface area contributed by atoms with E-state index < -0.39 is 17.2 Å². The maximum atomic E-state index is 13.8. The van der Waals surface area contributed by atoms with Crippen molar-refractivity contribution in [1.82, 2.24) is 4.98 Å². The quantitative estimate of drug-likeness (QED) is 0.890. The van der Waals surface area contributed by atoms with Gasteiger partial charge in [-0.05, 0) is 49.8 Å². The topological polar surface area (TPSA) is 38.9 Å². The summed E-state index contributed by atoms with van der Waals surface area (Å²) in [7, 11) is 0. The van der Waals surface area contributed by atoms with E-state index in [0.29, 0.717) is 11.6 Å². The Hall–Kier alpha value is -1.33. The summed E-state index contributed by atoms with van der Waals surface area (Å²) in [6.45, 7) is 2.23. The predicted octanol–water partition coefficient (Wildman–Crippen LogP) is 4.45. The average Bonchev–Trinajstić information content (AvgIpc) is 2.95. The molecule has 1 aromatic carbocycles. The Bertz CT molecular complexity index is 645. The zero-order chi connectivity index (χ0) is 15.0. The van der Waals surface area contributed by atoms with Crippen molar-refractivity contribution in [2.75, 3.05) is 0 Å². The van der Waals surface area contributed by atoms with E-state index in [9.17, 15) is 8.78 Å². The van der Waals surface area contributed by atoms with Crippen LogP contribution in [0.3, 0.4) is 0 Å². The van der Waals surface area contributed by atoms with Gasteiger partial charge in [0.2, 0.25) is 0 Å². The van der Waals surface area contributed by atoms with Gasteiger partial charge < -0.3 is 5.73 Å². The molecule has 1 aliphatic rings. The van der Waals surface area contributed by atoms with Gasteiger partial charge in [0.25, 0.3) is 0 Å². The molecular formula is C16H18F2N2S. The average molecular weight is 308 g/mol. The van der Waals surface area contributed by atoms with E-state index in [1.165, 1.54) is 17.4 Å². The number of aromatic nitrogens is 1. The molecule has 1 saturated carbocycles. The van der Waals surface area contributed by atoms with Gasteiger partial charge in [-0.3, -0.25) is 0 Å². The fourth-order valence-electron chi connectivity index (χ4n) is 2.81. The molecular weight excluding hydrogens is 290 g/mol. The van der Waals surface area contributed by atoms with Crippen LogP contribution in [0.15, 0.2) is 23.6 Å². The van der Waals surface area contributed by atoms with Gasteiger partial charge in [-0.25, -0.2) is 13.8 Å². The SMILES string of the molecule is CC1CCC(N)(c2nc(-c3cc(F)ccc3F)cs2)CC1. The third kappa shape index (κ3) is 2.85. The number of rotatable bonds is 2. The van der Waals surface area contributed by atoms with E-state index in [2.05, 4.69) is 11.9 Å². The molecule has 0 aliphatic heterocycles. The zero-order valence-electron chi connectivity index (χ0n) is 11.9. The van der Waals surface area contributed by atoms with E-state index >= 15 is 0 Å². The fourth-order valence-corrected chi connectivity index (χ4v) is 3.80. The van der Waals surface area contributed by atoms with Crippen LogP contribution in [0.1, 0.15) is 37.6 Å². The highest BCUT2D eigenvalue weighted by Crippen LogP contribution is 2.39. The summed E-state index contributed by atoms with van der Waals surface area (Å²) in [6.07, 6.45) is 3.96. The maximum absolute atomic E-state index is 13.8. The molecule has 112 valence electrons. The van der Waals surface area contributed by atoms with Crippen molar-refractivity contribution in [2.24, 2.45) is 11.7 Å². The van der Waals surface area contributed by atoms with Gasteiger partial charge in [0.15, 0.2) is 0 Å². The van der Waals surface area contributed by atoms with Crippen LogP contribution in [0.25, 0.3) is 11.3 Å². The summed E-state index contributed by atoms with van der Waals surface area (Å²) in [6, 6.07) is 3.42. The second-order valence-electron chi connectivity index (χ2n) is 6.00. The molecule has 0 saturated heterocycles. The lowest BCUT2D eigenvalue weighted by Gasteiger charge is -2.34. The molecule has 1 heterocycles. The third-order valence-electron chi connectivity index (χ3n) is 4.30. The van der Waals surface area contributed by atoms with Crippen LogP contribution in [0, 0.1) is 17.6 Å². The Morgan fingerprint density at radius 3 is 2.71 bits per heavy atom. The van der Waals surface area contributed by atoms with Gasteiger partial charge in [-0.1, -0.05) is 6.92 Å². The Kier molecular flexibility index (Phi) is 3.80. The summed E-state index contributed by atoms with van der Waals surface area (Å²) in [5.41, 5.74) is 6.73.